The fourth-order valence-electron chi connectivity index (χ4n) is 2.07. The Hall–Kier alpha value is -1.82. The van der Waals surface area contributed by atoms with Crippen molar-refractivity contribution < 1.29 is 9.47 Å². The second kappa shape index (κ2) is 12.7. The Morgan fingerprint density at radius 3 is 2.83 bits per heavy atom. The van der Waals surface area contributed by atoms with Crippen molar-refractivity contribution in [1.29, 1.82) is 0 Å². The molecule has 2 N–H and O–H groups in total. The lowest BCUT2D eigenvalue weighted by molar-refractivity contribution is 0.143. The topological polar surface area (TPSA) is 67.8 Å². The van der Waals surface area contributed by atoms with Gasteiger partial charge in [-0.25, -0.2) is 4.98 Å². The first-order valence-corrected chi connectivity index (χ1v) is 8.32. The number of nitrogens with one attached hydrogen (secondary N) is 2. The van der Waals surface area contributed by atoms with Crippen LogP contribution in [-0.4, -0.2) is 44.9 Å². The number of hydrogen-bond donors (Lipinski definition) is 2. The Morgan fingerprint density at radius 2 is 2.09 bits per heavy atom. The van der Waals surface area contributed by atoms with E-state index in [-0.39, 0.29) is 0 Å². The van der Waals surface area contributed by atoms with E-state index in [9.17, 15) is 0 Å². The van der Waals surface area contributed by atoms with Crippen LogP contribution in [0.2, 0.25) is 0 Å². The summed E-state index contributed by atoms with van der Waals surface area (Å²) in [6, 6.07) is 3.90. The summed E-state index contributed by atoms with van der Waals surface area (Å²) in [7, 11) is 3.43. The van der Waals surface area contributed by atoms with Crippen molar-refractivity contribution in [2.45, 2.75) is 39.2 Å². The molecule has 0 bridgehead atoms. The number of nitrogens with zero attached hydrogens (tertiary/aromatic N) is 2. The highest BCUT2D eigenvalue weighted by Crippen LogP contribution is 2.13. The van der Waals surface area contributed by atoms with E-state index in [1.807, 2.05) is 12.1 Å². The van der Waals surface area contributed by atoms with Crippen LogP contribution in [0.1, 0.15) is 38.2 Å². The first kappa shape index (κ1) is 19.2. The van der Waals surface area contributed by atoms with Crippen molar-refractivity contribution in [3.63, 3.8) is 0 Å². The molecule has 6 nitrogen and oxygen atoms in total. The van der Waals surface area contributed by atoms with E-state index in [2.05, 4.69) is 27.5 Å². The van der Waals surface area contributed by atoms with Crippen LogP contribution in [0.3, 0.4) is 0 Å². The van der Waals surface area contributed by atoms with Crippen molar-refractivity contribution >= 4 is 5.96 Å². The molecule has 0 unspecified atom stereocenters. The lowest BCUT2D eigenvalue weighted by Gasteiger charge is -2.14. The van der Waals surface area contributed by atoms with Crippen LogP contribution in [0.4, 0.5) is 0 Å². The number of aromatic nitrogens is 1. The smallest absolute Gasteiger partial charge is 0.218 e. The van der Waals surface area contributed by atoms with Crippen molar-refractivity contribution in [1.82, 2.24) is 15.6 Å². The molecule has 0 saturated heterocycles. The number of methoxy groups -OCH3 is 1. The van der Waals surface area contributed by atoms with Gasteiger partial charge < -0.3 is 20.1 Å². The first-order valence-electron chi connectivity index (χ1n) is 8.32. The molecule has 130 valence electrons. The molecule has 0 atom stereocenters. The number of ether oxygens (including phenoxy) is 2. The van der Waals surface area contributed by atoms with Gasteiger partial charge in [0.15, 0.2) is 5.96 Å². The number of hydrogen-bond acceptors (Lipinski definition) is 4. The number of guanidine groups is 1. The van der Waals surface area contributed by atoms with Gasteiger partial charge in [-0.2, -0.15) is 0 Å². The Morgan fingerprint density at radius 1 is 1.22 bits per heavy atom. The lowest BCUT2D eigenvalue weighted by Crippen LogP contribution is -2.37. The largest absolute Gasteiger partial charge is 0.475 e. The predicted molar refractivity (Wildman–Crippen MR) is 94.0 cm³/mol. The van der Waals surface area contributed by atoms with Gasteiger partial charge in [0.25, 0.3) is 0 Å². The van der Waals surface area contributed by atoms with Crippen molar-refractivity contribution in [3.8, 4) is 5.88 Å². The van der Waals surface area contributed by atoms with E-state index >= 15 is 0 Å². The van der Waals surface area contributed by atoms with E-state index in [1.54, 1.807) is 20.4 Å². The van der Waals surface area contributed by atoms with E-state index in [4.69, 9.17) is 9.47 Å². The molecule has 0 aliphatic carbocycles. The van der Waals surface area contributed by atoms with Crippen molar-refractivity contribution in [2.75, 3.05) is 33.9 Å². The molecule has 23 heavy (non-hydrogen) atoms. The maximum Gasteiger partial charge on any atom is 0.218 e. The zero-order valence-corrected chi connectivity index (χ0v) is 14.6. The molecule has 0 aliphatic heterocycles. The summed E-state index contributed by atoms with van der Waals surface area (Å²) in [6.07, 6.45) is 6.67. The number of unbranched alkanes of at least 4 members (excludes halogenated alkanes) is 3. The molecular formula is C17H30N4O2. The van der Waals surface area contributed by atoms with Gasteiger partial charge in [-0.3, -0.25) is 4.99 Å². The quantitative estimate of drug-likeness (QED) is 0.372. The highest BCUT2D eigenvalue weighted by Gasteiger charge is 2.05. The molecule has 6 heteroatoms. The van der Waals surface area contributed by atoms with E-state index < -0.39 is 0 Å². The molecule has 0 saturated carbocycles. The minimum atomic E-state index is 0.491. The average Bonchev–Trinajstić information content (AvgIpc) is 2.58. The fourth-order valence-corrected chi connectivity index (χ4v) is 2.07. The monoisotopic (exact) mass is 322 g/mol. The lowest BCUT2D eigenvalue weighted by atomic mass is 10.2. The highest BCUT2D eigenvalue weighted by molar-refractivity contribution is 5.79. The summed E-state index contributed by atoms with van der Waals surface area (Å²) in [4.78, 5) is 8.51. The fraction of sp³-hybridized carbons (Fsp3) is 0.647. The Labute approximate surface area is 139 Å². The van der Waals surface area contributed by atoms with Crippen LogP contribution in [0.15, 0.2) is 23.3 Å². The van der Waals surface area contributed by atoms with Gasteiger partial charge >= 0.3 is 0 Å². The molecule has 0 radical (unpaired) electrons. The van der Waals surface area contributed by atoms with Crippen LogP contribution < -0.4 is 15.4 Å². The van der Waals surface area contributed by atoms with Crippen LogP contribution in [0, 0.1) is 0 Å². The standard InChI is InChI=1S/C17H30N4O2/c1-4-5-6-7-10-20-17(18-2)21-14-15-9-8-11-19-16(15)23-13-12-22-3/h8-9,11H,4-7,10,12-14H2,1-3H3,(H2,18,20,21). The van der Waals surface area contributed by atoms with Gasteiger partial charge in [0.1, 0.15) is 6.61 Å². The second-order valence-corrected chi connectivity index (χ2v) is 5.22. The molecule has 0 fully saturated rings. The Balaban J connectivity index is 2.39. The summed E-state index contributed by atoms with van der Waals surface area (Å²) in [5.41, 5.74) is 0.998. The number of rotatable bonds is 11. The molecule has 1 aromatic heterocycles. The van der Waals surface area contributed by atoms with Crippen molar-refractivity contribution in [2.24, 2.45) is 4.99 Å². The summed E-state index contributed by atoms with van der Waals surface area (Å²) in [5.74, 6) is 1.43. The molecule has 0 aliphatic rings. The minimum Gasteiger partial charge on any atom is -0.475 e. The third kappa shape index (κ3) is 8.40. The van der Waals surface area contributed by atoms with Gasteiger partial charge in [-0.05, 0) is 12.5 Å². The number of pyridine rings is 1. The third-order valence-electron chi connectivity index (χ3n) is 3.37. The van der Waals surface area contributed by atoms with Gasteiger partial charge in [-0.1, -0.05) is 32.3 Å². The molecular weight excluding hydrogens is 292 g/mol. The normalized spacial score (nSPS) is 11.3. The third-order valence-corrected chi connectivity index (χ3v) is 3.37. The van der Waals surface area contributed by atoms with Crippen LogP contribution >= 0.6 is 0 Å². The maximum absolute atomic E-state index is 5.63. The molecule has 0 aromatic carbocycles. The summed E-state index contributed by atoms with van der Waals surface area (Å²) in [5, 5.41) is 6.62. The second-order valence-electron chi connectivity index (χ2n) is 5.22. The van der Waals surface area contributed by atoms with Crippen LogP contribution in [-0.2, 0) is 11.3 Å². The molecule has 0 spiro atoms. The van der Waals surface area contributed by atoms with E-state index in [0.29, 0.717) is 25.6 Å². The maximum atomic E-state index is 5.63. The number of aliphatic imine (C=N–C) groups is 1. The summed E-state index contributed by atoms with van der Waals surface area (Å²) < 4.78 is 10.6. The summed E-state index contributed by atoms with van der Waals surface area (Å²) >= 11 is 0. The Kier molecular flexibility index (Phi) is 10.6. The highest BCUT2D eigenvalue weighted by atomic mass is 16.5. The van der Waals surface area contributed by atoms with E-state index in [1.165, 1.54) is 19.3 Å². The van der Waals surface area contributed by atoms with Gasteiger partial charge in [-0.15, -0.1) is 0 Å². The SMILES string of the molecule is CCCCCCNC(=NC)NCc1cccnc1OCCOC. The average molecular weight is 322 g/mol. The van der Waals surface area contributed by atoms with Crippen LogP contribution in [0.5, 0.6) is 5.88 Å². The molecule has 1 rings (SSSR count). The molecule has 1 heterocycles. The summed E-state index contributed by atoms with van der Waals surface area (Å²) in [6.45, 7) is 4.80. The van der Waals surface area contributed by atoms with E-state index in [0.717, 1.165) is 24.5 Å². The van der Waals surface area contributed by atoms with Crippen LogP contribution in [0.25, 0.3) is 0 Å². The zero-order chi connectivity index (χ0) is 16.8. The molecule has 0 amide bonds. The predicted octanol–water partition coefficient (Wildman–Crippen LogP) is 2.35. The first-order chi connectivity index (χ1) is 11.3. The van der Waals surface area contributed by atoms with Gasteiger partial charge in [0.05, 0.1) is 6.61 Å². The minimum absolute atomic E-state index is 0.491. The molecule has 1 aromatic rings. The van der Waals surface area contributed by atoms with Crippen molar-refractivity contribution in [3.05, 3.63) is 23.9 Å². The van der Waals surface area contributed by atoms with Gasteiger partial charge in [0.2, 0.25) is 5.88 Å². The Bertz CT molecular complexity index is 452. The van der Waals surface area contributed by atoms with Gasteiger partial charge in [0, 0.05) is 39.0 Å². The zero-order valence-electron chi connectivity index (χ0n) is 14.6.